The van der Waals surface area contributed by atoms with Crippen molar-refractivity contribution in [3.05, 3.63) is 47.5 Å². The summed E-state index contributed by atoms with van der Waals surface area (Å²) in [6.07, 6.45) is 1.17. The summed E-state index contributed by atoms with van der Waals surface area (Å²) >= 11 is 1.62. The number of rotatable bonds is 4. The summed E-state index contributed by atoms with van der Waals surface area (Å²) < 4.78 is 5.09. The molecular formula is C14H19NO2S. The number of benzene rings is 1. The van der Waals surface area contributed by atoms with Crippen molar-refractivity contribution in [3.8, 4) is 0 Å². The number of amides is 1. The fraction of sp³-hybridized carbons (Fsp3) is 0.357. The number of ether oxygens (including phenoxy) is 1. The predicted molar refractivity (Wildman–Crippen MR) is 76.2 cm³/mol. The van der Waals surface area contributed by atoms with Crippen LogP contribution >= 0.6 is 11.8 Å². The van der Waals surface area contributed by atoms with Crippen LogP contribution in [0.1, 0.15) is 26.3 Å². The normalized spacial score (nSPS) is 11.5. The van der Waals surface area contributed by atoms with Crippen molar-refractivity contribution in [1.29, 1.82) is 0 Å². The van der Waals surface area contributed by atoms with Crippen molar-refractivity contribution < 1.29 is 9.53 Å². The molecule has 0 unspecified atom stereocenters. The molecule has 0 aliphatic rings. The lowest BCUT2D eigenvalue weighted by Gasteiger charge is -2.18. The number of hydrogen-bond acceptors (Lipinski definition) is 3. The van der Waals surface area contributed by atoms with Gasteiger partial charge < -0.3 is 4.74 Å². The smallest absolute Gasteiger partial charge is 0.411 e. The zero-order valence-corrected chi connectivity index (χ0v) is 11.8. The fourth-order valence-corrected chi connectivity index (χ4v) is 1.82. The SMILES string of the molecule is CC(C)(C)OC(=O)N/C=C/SCc1ccccc1. The van der Waals surface area contributed by atoms with Crippen LogP contribution in [0.15, 0.2) is 41.9 Å². The lowest BCUT2D eigenvalue weighted by atomic mass is 10.2. The summed E-state index contributed by atoms with van der Waals surface area (Å²) in [5.41, 5.74) is 0.791. The molecule has 3 nitrogen and oxygen atoms in total. The van der Waals surface area contributed by atoms with Gasteiger partial charge >= 0.3 is 6.09 Å². The average Bonchev–Trinajstić information content (AvgIpc) is 2.27. The Morgan fingerprint density at radius 1 is 1.33 bits per heavy atom. The summed E-state index contributed by atoms with van der Waals surface area (Å²) in [5, 5.41) is 4.41. The number of alkyl carbamates (subject to hydrolysis) is 1. The third kappa shape index (κ3) is 7.01. The highest BCUT2D eigenvalue weighted by molar-refractivity contribution is 8.01. The van der Waals surface area contributed by atoms with Crippen molar-refractivity contribution in [1.82, 2.24) is 5.32 Å². The first-order valence-electron chi connectivity index (χ1n) is 5.77. The maximum atomic E-state index is 11.3. The fourth-order valence-electron chi connectivity index (χ4n) is 1.18. The van der Waals surface area contributed by atoms with E-state index in [1.54, 1.807) is 18.0 Å². The molecule has 0 saturated heterocycles. The van der Waals surface area contributed by atoms with Crippen molar-refractivity contribution in [2.24, 2.45) is 0 Å². The van der Waals surface area contributed by atoms with Crippen molar-refractivity contribution in [2.45, 2.75) is 32.1 Å². The van der Waals surface area contributed by atoms with Gasteiger partial charge in [-0.25, -0.2) is 4.79 Å². The third-order valence-corrected chi connectivity index (χ3v) is 2.69. The van der Waals surface area contributed by atoms with Crippen LogP contribution in [0.5, 0.6) is 0 Å². The van der Waals surface area contributed by atoms with E-state index in [0.29, 0.717) is 0 Å². The molecule has 0 aliphatic carbocycles. The maximum absolute atomic E-state index is 11.3. The molecule has 0 spiro atoms. The molecule has 1 aromatic rings. The predicted octanol–water partition coefficient (Wildman–Crippen LogP) is 3.92. The lowest BCUT2D eigenvalue weighted by molar-refractivity contribution is 0.0552. The van der Waals surface area contributed by atoms with E-state index in [0.717, 1.165) is 5.75 Å². The number of carbonyl (C=O) groups is 1. The van der Waals surface area contributed by atoms with Crippen LogP contribution in [-0.4, -0.2) is 11.7 Å². The average molecular weight is 265 g/mol. The Bertz CT molecular complexity index is 396. The Morgan fingerprint density at radius 2 is 2.00 bits per heavy atom. The second kappa shape index (κ2) is 7.11. The summed E-state index contributed by atoms with van der Waals surface area (Å²) in [7, 11) is 0. The second-order valence-electron chi connectivity index (χ2n) is 4.75. The molecule has 0 aliphatic heterocycles. The van der Waals surface area contributed by atoms with Gasteiger partial charge in [0, 0.05) is 12.0 Å². The highest BCUT2D eigenvalue weighted by Crippen LogP contribution is 2.12. The first-order valence-corrected chi connectivity index (χ1v) is 6.82. The molecule has 0 atom stereocenters. The van der Waals surface area contributed by atoms with Gasteiger partial charge in [-0.1, -0.05) is 30.3 Å². The van der Waals surface area contributed by atoms with E-state index in [4.69, 9.17) is 4.74 Å². The molecule has 98 valence electrons. The molecule has 0 saturated carbocycles. The molecule has 0 radical (unpaired) electrons. The Kier molecular flexibility index (Phi) is 5.78. The minimum absolute atomic E-state index is 0.431. The van der Waals surface area contributed by atoms with Crippen LogP contribution in [0.2, 0.25) is 0 Å². The largest absolute Gasteiger partial charge is 0.444 e. The highest BCUT2D eigenvalue weighted by atomic mass is 32.2. The molecule has 0 heterocycles. The summed E-state index contributed by atoms with van der Waals surface area (Å²) in [6, 6.07) is 10.2. The second-order valence-corrected chi connectivity index (χ2v) is 5.64. The van der Waals surface area contributed by atoms with Crippen LogP contribution in [0, 0.1) is 0 Å². The van der Waals surface area contributed by atoms with E-state index in [1.165, 1.54) is 5.56 Å². The highest BCUT2D eigenvalue weighted by Gasteiger charge is 2.14. The number of thioether (sulfide) groups is 1. The van der Waals surface area contributed by atoms with Gasteiger partial charge in [-0.2, -0.15) is 0 Å². The Balaban J connectivity index is 2.20. The monoisotopic (exact) mass is 265 g/mol. The Hall–Kier alpha value is -1.42. The van der Waals surface area contributed by atoms with Gasteiger partial charge in [0.15, 0.2) is 0 Å². The minimum Gasteiger partial charge on any atom is -0.444 e. The molecular weight excluding hydrogens is 246 g/mol. The van der Waals surface area contributed by atoms with Crippen molar-refractivity contribution >= 4 is 17.9 Å². The number of carbonyl (C=O) groups excluding carboxylic acids is 1. The van der Waals surface area contributed by atoms with E-state index in [2.05, 4.69) is 17.4 Å². The zero-order valence-electron chi connectivity index (χ0n) is 11.0. The zero-order chi connectivity index (χ0) is 13.4. The summed E-state index contributed by atoms with van der Waals surface area (Å²) in [6.45, 7) is 5.50. The van der Waals surface area contributed by atoms with Gasteiger partial charge in [-0.15, -0.1) is 11.8 Å². The van der Waals surface area contributed by atoms with Gasteiger partial charge in [0.05, 0.1) is 0 Å². The molecule has 18 heavy (non-hydrogen) atoms. The Morgan fingerprint density at radius 3 is 2.61 bits per heavy atom. The first-order chi connectivity index (χ1) is 8.47. The number of hydrogen-bond donors (Lipinski definition) is 1. The van der Waals surface area contributed by atoms with Crippen molar-refractivity contribution in [2.75, 3.05) is 0 Å². The van der Waals surface area contributed by atoms with Crippen LogP contribution < -0.4 is 5.32 Å². The molecule has 1 aromatic carbocycles. The quantitative estimate of drug-likeness (QED) is 0.896. The molecule has 1 N–H and O–H groups in total. The van der Waals surface area contributed by atoms with E-state index in [1.807, 2.05) is 44.4 Å². The standard InChI is InChI=1S/C14H19NO2S/c1-14(2,3)17-13(16)15-9-10-18-11-12-7-5-4-6-8-12/h4-10H,11H2,1-3H3,(H,15,16)/b10-9+. The van der Waals surface area contributed by atoms with Gasteiger partial charge in [0.25, 0.3) is 0 Å². The van der Waals surface area contributed by atoms with E-state index in [-0.39, 0.29) is 0 Å². The maximum Gasteiger partial charge on any atom is 0.411 e. The van der Waals surface area contributed by atoms with Gasteiger partial charge in [0.1, 0.15) is 5.60 Å². The lowest BCUT2D eigenvalue weighted by Crippen LogP contribution is -2.29. The minimum atomic E-state index is -0.463. The van der Waals surface area contributed by atoms with Gasteiger partial charge in [-0.05, 0) is 31.7 Å². The summed E-state index contributed by atoms with van der Waals surface area (Å²) in [4.78, 5) is 11.3. The van der Waals surface area contributed by atoms with E-state index in [9.17, 15) is 4.79 Å². The van der Waals surface area contributed by atoms with Gasteiger partial charge in [-0.3, -0.25) is 5.32 Å². The van der Waals surface area contributed by atoms with E-state index >= 15 is 0 Å². The van der Waals surface area contributed by atoms with Crippen LogP contribution in [-0.2, 0) is 10.5 Å². The molecule has 0 bridgehead atoms. The topological polar surface area (TPSA) is 38.3 Å². The summed E-state index contributed by atoms with van der Waals surface area (Å²) in [5.74, 6) is 0.882. The molecule has 1 rings (SSSR count). The Labute approximate surface area is 113 Å². The number of nitrogens with one attached hydrogen (secondary N) is 1. The third-order valence-electron chi connectivity index (χ3n) is 1.86. The molecule has 1 amide bonds. The van der Waals surface area contributed by atoms with Crippen LogP contribution in [0.3, 0.4) is 0 Å². The van der Waals surface area contributed by atoms with Gasteiger partial charge in [0.2, 0.25) is 0 Å². The van der Waals surface area contributed by atoms with Crippen LogP contribution in [0.25, 0.3) is 0 Å². The molecule has 0 aromatic heterocycles. The molecule has 4 heteroatoms. The molecule has 0 fully saturated rings. The first kappa shape index (κ1) is 14.6. The van der Waals surface area contributed by atoms with E-state index < -0.39 is 11.7 Å². The van der Waals surface area contributed by atoms with Crippen LogP contribution in [0.4, 0.5) is 4.79 Å². The van der Waals surface area contributed by atoms with Crippen molar-refractivity contribution in [3.63, 3.8) is 0 Å².